The third kappa shape index (κ3) is 4.38. The average molecular weight is 384 g/mol. The number of carbonyl (C=O) groups excluding carboxylic acids is 1. The molecule has 0 atom stereocenters. The van der Waals surface area contributed by atoms with Crippen LogP contribution in [0.25, 0.3) is 12.2 Å². The Labute approximate surface area is 169 Å². The first-order valence-electron chi connectivity index (χ1n) is 9.30. The van der Waals surface area contributed by atoms with E-state index in [2.05, 4.69) is 0 Å². The van der Waals surface area contributed by atoms with Crippen LogP contribution in [0.15, 0.2) is 84.6 Å². The number of carbonyl (C=O) groups is 1. The van der Waals surface area contributed by atoms with Crippen LogP contribution in [0.2, 0.25) is 0 Å². The van der Waals surface area contributed by atoms with Gasteiger partial charge in [-0.15, -0.1) is 0 Å². The zero-order valence-electron chi connectivity index (χ0n) is 16.0. The molecule has 29 heavy (non-hydrogen) atoms. The van der Waals surface area contributed by atoms with E-state index < -0.39 is 0 Å². The first-order chi connectivity index (χ1) is 14.2. The maximum Gasteiger partial charge on any atom is 0.231 e. The van der Waals surface area contributed by atoms with Crippen molar-refractivity contribution in [2.24, 2.45) is 0 Å². The molecule has 0 spiro atoms. The van der Waals surface area contributed by atoms with Crippen LogP contribution in [-0.4, -0.2) is 19.5 Å². The molecule has 1 heterocycles. The van der Waals surface area contributed by atoms with Crippen LogP contribution in [-0.2, 0) is 0 Å². The Hall–Kier alpha value is -3.79. The molecule has 0 saturated carbocycles. The highest BCUT2D eigenvalue weighted by Gasteiger charge is 2.27. The van der Waals surface area contributed by atoms with Crippen LogP contribution in [0, 0.1) is 0 Å². The van der Waals surface area contributed by atoms with Gasteiger partial charge in [-0.2, -0.15) is 0 Å². The van der Waals surface area contributed by atoms with Crippen molar-refractivity contribution in [2.75, 3.05) is 13.7 Å². The second-order valence-corrected chi connectivity index (χ2v) is 6.49. The number of hydrogen-bond donors (Lipinski definition) is 0. The molecule has 4 nitrogen and oxygen atoms in total. The monoisotopic (exact) mass is 384 g/mol. The predicted molar refractivity (Wildman–Crippen MR) is 113 cm³/mol. The molecule has 0 aromatic heterocycles. The topological polar surface area (TPSA) is 44.8 Å². The first-order valence-corrected chi connectivity index (χ1v) is 9.30. The lowest BCUT2D eigenvalue weighted by Gasteiger charge is -2.05. The summed E-state index contributed by atoms with van der Waals surface area (Å²) < 4.78 is 16.7. The van der Waals surface area contributed by atoms with Crippen molar-refractivity contribution in [3.63, 3.8) is 0 Å². The van der Waals surface area contributed by atoms with E-state index in [1.54, 1.807) is 31.4 Å². The van der Waals surface area contributed by atoms with Crippen molar-refractivity contribution in [1.82, 2.24) is 0 Å². The predicted octanol–water partition coefficient (Wildman–Crippen LogP) is 5.40. The molecule has 3 aromatic carbocycles. The minimum Gasteiger partial charge on any atom is -0.497 e. The Morgan fingerprint density at radius 1 is 0.897 bits per heavy atom. The van der Waals surface area contributed by atoms with Crippen LogP contribution in [0.1, 0.15) is 21.5 Å². The molecule has 0 saturated heterocycles. The normalized spacial score (nSPS) is 14.1. The van der Waals surface area contributed by atoms with Crippen molar-refractivity contribution in [3.05, 3.63) is 101 Å². The van der Waals surface area contributed by atoms with Gasteiger partial charge in [0, 0.05) is 6.07 Å². The van der Waals surface area contributed by atoms with E-state index >= 15 is 0 Å². The van der Waals surface area contributed by atoms with Gasteiger partial charge in [0.25, 0.3) is 0 Å². The molecule has 0 amide bonds. The quantitative estimate of drug-likeness (QED) is 0.534. The molecule has 4 rings (SSSR count). The van der Waals surface area contributed by atoms with Gasteiger partial charge in [0.15, 0.2) is 5.76 Å². The van der Waals surface area contributed by atoms with Crippen molar-refractivity contribution >= 4 is 17.9 Å². The van der Waals surface area contributed by atoms with Gasteiger partial charge >= 0.3 is 0 Å². The van der Waals surface area contributed by atoms with Gasteiger partial charge in [-0.1, -0.05) is 48.5 Å². The number of Topliss-reactive ketones (excluding diaryl/α,β-unsaturated/α-hetero) is 1. The van der Waals surface area contributed by atoms with Crippen LogP contribution >= 0.6 is 0 Å². The lowest BCUT2D eigenvalue weighted by atomic mass is 10.1. The van der Waals surface area contributed by atoms with E-state index in [1.165, 1.54) is 0 Å². The van der Waals surface area contributed by atoms with E-state index in [1.807, 2.05) is 66.7 Å². The Kier molecular flexibility index (Phi) is 5.43. The van der Waals surface area contributed by atoms with Crippen LogP contribution in [0.5, 0.6) is 17.2 Å². The number of ketones is 1. The molecule has 1 aliphatic rings. The third-order valence-corrected chi connectivity index (χ3v) is 4.51. The second-order valence-electron chi connectivity index (χ2n) is 6.49. The molecule has 0 unspecified atom stereocenters. The van der Waals surface area contributed by atoms with Gasteiger partial charge in [-0.3, -0.25) is 4.79 Å². The van der Waals surface area contributed by atoms with Gasteiger partial charge in [-0.05, 0) is 47.5 Å². The van der Waals surface area contributed by atoms with E-state index in [0.29, 0.717) is 29.4 Å². The largest absolute Gasteiger partial charge is 0.497 e. The summed E-state index contributed by atoms with van der Waals surface area (Å²) in [6.07, 6.45) is 5.68. The van der Waals surface area contributed by atoms with Gasteiger partial charge < -0.3 is 14.2 Å². The summed E-state index contributed by atoms with van der Waals surface area (Å²) in [6.45, 7) is 0.427. The molecule has 1 aliphatic heterocycles. The fraction of sp³-hybridized carbons (Fsp3) is 0.0800. The number of rotatable bonds is 6. The number of allylic oxidation sites excluding steroid dienone is 1. The van der Waals surface area contributed by atoms with Gasteiger partial charge in [0.1, 0.15) is 23.9 Å². The second kappa shape index (κ2) is 8.48. The molecule has 144 valence electrons. The van der Waals surface area contributed by atoms with Crippen molar-refractivity contribution in [1.29, 1.82) is 0 Å². The smallest absolute Gasteiger partial charge is 0.231 e. The minimum absolute atomic E-state index is 0.133. The summed E-state index contributed by atoms with van der Waals surface area (Å²) in [5, 5.41) is 0. The maximum absolute atomic E-state index is 12.6. The zero-order valence-corrected chi connectivity index (χ0v) is 16.0. The summed E-state index contributed by atoms with van der Waals surface area (Å²) >= 11 is 0. The standard InChI is InChI=1S/C25H20O4/c1-27-20-11-9-19(10-12-20)16-24-25(26)22-14-13-21(17-23(22)29-24)28-15-5-8-18-6-3-2-4-7-18/h2-14,16-17H,15H2,1H3/b8-5+,24-16-. The Balaban J connectivity index is 1.42. The summed E-state index contributed by atoms with van der Waals surface area (Å²) in [5.41, 5.74) is 2.52. The lowest BCUT2D eigenvalue weighted by molar-refractivity contribution is 0.101. The van der Waals surface area contributed by atoms with E-state index in [0.717, 1.165) is 16.9 Å². The summed E-state index contributed by atoms with van der Waals surface area (Å²) in [4.78, 5) is 12.6. The number of fused-ring (bicyclic) bond motifs is 1. The van der Waals surface area contributed by atoms with Gasteiger partial charge in [-0.25, -0.2) is 0 Å². The Bertz CT molecular complexity index is 1060. The number of methoxy groups -OCH3 is 1. The SMILES string of the molecule is COc1ccc(/C=C2\Oc3cc(OC/C=C/c4ccccc4)ccc3C2=O)cc1. The molecular weight excluding hydrogens is 364 g/mol. The van der Waals surface area contributed by atoms with E-state index in [9.17, 15) is 4.79 Å². The zero-order chi connectivity index (χ0) is 20.1. The maximum atomic E-state index is 12.6. The summed E-state index contributed by atoms with van der Waals surface area (Å²) in [7, 11) is 1.62. The minimum atomic E-state index is -0.133. The van der Waals surface area contributed by atoms with Crippen LogP contribution in [0.4, 0.5) is 0 Å². The third-order valence-electron chi connectivity index (χ3n) is 4.51. The Morgan fingerprint density at radius 3 is 2.41 bits per heavy atom. The highest BCUT2D eigenvalue weighted by atomic mass is 16.5. The van der Waals surface area contributed by atoms with Crippen molar-refractivity contribution < 1.29 is 19.0 Å². The highest BCUT2D eigenvalue weighted by Crippen LogP contribution is 2.35. The summed E-state index contributed by atoms with van der Waals surface area (Å²) in [5.74, 6) is 2.09. The number of benzene rings is 3. The number of hydrogen-bond acceptors (Lipinski definition) is 4. The van der Waals surface area contributed by atoms with Crippen LogP contribution in [0.3, 0.4) is 0 Å². The fourth-order valence-electron chi connectivity index (χ4n) is 3.00. The Morgan fingerprint density at radius 2 is 1.66 bits per heavy atom. The highest BCUT2D eigenvalue weighted by molar-refractivity contribution is 6.14. The number of ether oxygens (including phenoxy) is 3. The average Bonchev–Trinajstić information content (AvgIpc) is 3.07. The molecule has 0 N–H and O–H groups in total. The van der Waals surface area contributed by atoms with Crippen LogP contribution < -0.4 is 14.2 Å². The molecule has 0 bridgehead atoms. The van der Waals surface area contributed by atoms with Gasteiger partial charge in [0.05, 0.1) is 12.7 Å². The van der Waals surface area contributed by atoms with Gasteiger partial charge in [0.2, 0.25) is 5.78 Å². The molecule has 3 aromatic rings. The lowest BCUT2D eigenvalue weighted by Crippen LogP contribution is -1.98. The molecule has 0 radical (unpaired) electrons. The molecule has 4 heteroatoms. The summed E-state index contributed by atoms with van der Waals surface area (Å²) in [6, 6.07) is 22.7. The van der Waals surface area contributed by atoms with Crippen molar-refractivity contribution in [3.8, 4) is 17.2 Å². The van der Waals surface area contributed by atoms with Crippen molar-refractivity contribution in [2.45, 2.75) is 0 Å². The first kappa shape index (κ1) is 18.6. The fourth-order valence-corrected chi connectivity index (χ4v) is 3.00. The molecule has 0 fully saturated rings. The van der Waals surface area contributed by atoms with E-state index in [-0.39, 0.29) is 5.78 Å². The molecular formula is C25H20O4. The van der Waals surface area contributed by atoms with E-state index in [4.69, 9.17) is 14.2 Å². The molecule has 0 aliphatic carbocycles.